The van der Waals surface area contributed by atoms with Gasteiger partial charge >= 0.3 is 0 Å². The maximum Gasteiger partial charge on any atom is 0.162 e. The highest BCUT2D eigenvalue weighted by Crippen LogP contribution is 2.39. The molecule has 4 heteroatoms. The molecule has 0 saturated carbocycles. The molecule has 1 unspecified atom stereocenters. The van der Waals surface area contributed by atoms with Crippen LogP contribution in [-0.4, -0.2) is 19.8 Å². The molecule has 0 aliphatic carbocycles. The van der Waals surface area contributed by atoms with Crippen LogP contribution in [0, 0.1) is 0 Å². The molecule has 1 heterocycles. The molecule has 2 aromatic rings. The first kappa shape index (κ1) is 14.4. The molecule has 110 valence electrons. The minimum Gasteiger partial charge on any atom is -0.486 e. The van der Waals surface area contributed by atoms with Gasteiger partial charge in [0.1, 0.15) is 13.2 Å². The third-order valence-corrected chi connectivity index (χ3v) is 4.20. The van der Waals surface area contributed by atoms with Gasteiger partial charge in [0.05, 0.1) is 6.04 Å². The van der Waals surface area contributed by atoms with Crippen molar-refractivity contribution in [1.29, 1.82) is 0 Å². The lowest BCUT2D eigenvalue weighted by atomic mass is 9.98. The molecular formula is C17H18BrNO2. The van der Waals surface area contributed by atoms with Crippen LogP contribution in [0.4, 0.5) is 0 Å². The van der Waals surface area contributed by atoms with E-state index in [4.69, 9.17) is 9.47 Å². The van der Waals surface area contributed by atoms with Crippen LogP contribution in [0.3, 0.4) is 0 Å². The van der Waals surface area contributed by atoms with Crippen molar-refractivity contribution in [1.82, 2.24) is 5.32 Å². The SMILES string of the molecule is CCNC(c1ccccc1)c1cc2c(cc1Br)OCCO2. The summed E-state index contributed by atoms with van der Waals surface area (Å²) in [6.45, 7) is 4.21. The Morgan fingerprint density at radius 3 is 2.43 bits per heavy atom. The fraction of sp³-hybridized carbons (Fsp3) is 0.294. The van der Waals surface area contributed by atoms with Crippen LogP contribution in [0.25, 0.3) is 0 Å². The average Bonchev–Trinajstić information content (AvgIpc) is 2.53. The summed E-state index contributed by atoms with van der Waals surface area (Å²) in [5.74, 6) is 1.62. The van der Waals surface area contributed by atoms with Crippen molar-refractivity contribution in [3.05, 3.63) is 58.1 Å². The van der Waals surface area contributed by atoms with Gasteiger partial charge in [0.15, 0.2) is 11.5 Å². The zero-order chi connectivity index (χ0) is 14.7. The lowest BCUT2D eigenvalue weighted by Gasteiger charge is -2.24. The monoisotopic (exact) mass is 347 g/mol. The van der Waals surface area contributed by atoms with Crippen LogP contribution < -0.4 is 14.8 Å². The first-order valence-electron chi connectivity index (χ1n) is 7.17. The van der Waals surface area contributed by atoms with E-state index >= 15 is 0 Å². The van der Waals surface area contributed by atoms with Gasteiger partial charge in [-0.3, -0.25) is 0 Å². The van der Waals surface area contributed by atoms with Gasteiger partial charge in [0.25, 0.3) is 0 Å². The number of halogens is 1. The molecule has 1 aliphatic heterocycles. The van der Waals surface area contributed by atoms with Crippen LogP contribution in [0.5, 0.6) is 11.5 Å². The van der Waals surface area contributed by atoms with Crippen molar-refractivity contribution < 1.29 is 9.47 Å². The van der Waals surface area contributed by atoms with E-state index in [1.807, 2.05) is 12.1 Å². The number of ether oxygens (including phenoxy) is 2. The van der Waals surface area contributed by atoms with E-state index in [0.717, 1.165) is 28.1 Å². The van der Waals surface area contributed by atoms with E-state index in [-0.39, 0.29) is 6.04 Å². The molecule has 0 aromatic heterocycles. The Labute approximate surface area is 133 Å². The van der Waals surface area contributed by atoms with Crippen molar-refractivity contribution in [2.24, 2.45) is 0 Å². The standard InChI is InChI=1S/C17H18BrNO2/c1-2-19-17(12-6-4-3-5-7-12)13-10-15-16(11-14(13)18)21-9-8-20-15/h3-7,10-11,17,19H,2,8-9H2,1H3. The fourth-order valence-corrected chi connectivity index (χ4v) is 3.11. The molecule has 0 amide bonds. The molecule has 0 bridgehead atoms. The summed E-state index contributed by atoms with van der Waals surface area (Å²) in [4.78, 5) is 0. The lowest BCUT2D eigenvalue weighted by molar-refractivity contribution is 0.171. The zero-order valence-corrected chi connectivity index (χ0v) is 13.5. The van der Waals surface area contributed by atoms with Crippen molar-refractivity contribution in [2.45, 2.75) is 13.0 Å². The second-order valence-corrected chi connectivity index (χ2v) is 5.77. The second-order valence-electron chi connectivity index (χ2n) is 4.92. The molecule has 2 aromatic carbocycles. The topological polar surface area (TPSA) is 30.5 Å². The van der Waals surface area contributed by atoms with Crippen LogP contribution in [0.1, 0.15) is 24.1 Å². The zero-order valence-electron chi connectivity index (χ0n) is 11.9. The number of rotatable bonds is 4. The van der Waals surface area contributed by atoms with Gasteiger partial charge in [-0.2, -0.15) is 0 Å². The minimum absolute atomic E-state index is 0.126. The predicted octanol–water partition coefficient (Wildman–Crippen LogP) is 3.92. The van der Waals surface area contributed by atoms with E-state index in [0.29, 0.717) is 13.2 Å². The molecule has 1 aliphatic rings. The van der Waals surface area contributed by atoms with Crippen molar-refractivity contribution >= 4 is 15.9 Å². The van der Waals surface area contributed by atoms with Crippen LogP contribution in [0.2, 0.25) is 0 Å². The Morgan fingerprint density at radius 2 is 1.76 bits per heavy atom. The van der Waals surface area contributed by atoms with Gasteiger partial charge < -0.3 is 14.8 Å². The Kier molecular flexibility index (Phi) is 4.46. The molecule has 3 nitrogen and oxygen atoms in total. The average molecular weight is 348 g/mol. The normalized spacial score (nSPS) is 14.8. The van der Waals surface area contributed by atoms with Crippen LogP contribution in [-0.2, 0) is 0 Å². The number of hydrogen-bond acceptors (Lipinski definition) is 3. The third kappa shape index (κ3) is 3.06. The molecule has 21 heavy (non-hydrogen) atoms. The van der Waals surface area contributed by atoms with Gasteiger partial charge in [-0.05, 0) is 29.8 Å². The predicted molar refractivity (Wildman–Crippen MR) is 87.1 cm³/mol. The molecule has 1 N–H and O–H groups in total. The Balaban J connectivity index is 2.03. The number of fused-ring (bicyclic) bond motifs is 1. The van der Waals surface area contributed by atoms with E-state index in [1.165, 1.54) is 5.56 Å². The maximum atomic E-state index is 5.71. The summed E-state index contributed by atoms with van der Waals surface area (Å²) >= 11 is 3.67. The van der Waals surface area contributed by atoms with Gasteiger partial charge in [-0.25, -0.2) is 0 Å². The first-order valence-corrected chi connectivity index (χ1v) is 7.96. The highest BCUT2D eigenvalue weighted by atomic mass is 79.9. The van der Waals surface area contributed by atoms with Gasteiger partial charge in [-0.15, -0.1) is 0 Å². The highest BCUT2D eigenvalue weighted by Gasteiger charge is 2.21. The summed E-state index contributed by atoms with van der Waals surface area (Å²) in [6, 6.07) is 14.6. The summed E-state index contributed by atoms with van der Waals surface area (Å²) in [5, 5.41) is 3.54. The Bertz CT molecular complexity index is 616. The van der Waals surface area contributed by atoms with Crippen molar-refractivity contribution in [3.8, 4) is 11.5 Å². The van der Waals surface area contributed by atoms with Crippen LogP contribution in [0.15, 0.2) is 46.9 Å². The minimum atomic E-state index is 0.126. The number of nitrogens with one attached hydrogen (secondary N) is 1. The van der Waals surface area contributed by atoms with Crippen molar-refractivity contribution in [3.63, 3.8) is 0 Å². The van der Waals surface area contributed by atoms with E-state index in [1.54, 1.807) is 0 Å². The second kappa shape index (κ2) is 6.50. The maximum absolute atomic E-state index is 5.71. The van der Waals surface area contributed by atoms with E-state index in [9.17, 15) is 0 Å². The highest BCUT2D eigenvalue weighted by molar-refractivity contribution is 9.10. The molecular weight excluding hydrogens is 330 g/mol. The van der Waals surface area contributed by atoms with Crippen molar-refractivity contribution in [2.75, 3.05) is 19.8 Å². The Hall–Kier alpha value is -1.52. The molecule has 0 radical (unpaired) electrons. The molecule has 0 spiro atoms. The van der Waals surface area contributed by atoms with Gasteiger partial charge in [-0.1, -0.05) is 53.2 Å². The largest absolute Gasteiger partial charge is 0.486 e. The number of hydrogen-bond donors (Lipinski definition) is 1. The third-order valence-electron chi connectivity index (χ3n) is 3.51. The summed E-state index contributed by atoms with van der Waals surface area (Å²) in [5.41, 5.74) is 2.39. The Morgan fingerprint density at radius 1 is 1.10 bits per heavy atom. The van der Waals surface area contributed by atoms with Gasteiger partial charge in [0.2, 0.25) is 0 Å². The lowest BCUT2D eigenvalue weighted by Crippen LogP contribution is -2.23. The number of benzene rings is 2. The summed E-state index contributed by atoms with van der Waals surface area (Å²) in [7, 11) is 0. The smallest absolute Gasteiger partial charge is 0.162 e. The molecule has 0 saturated heterocycles. The van der Waals surface area contributed by atoms with E-state index < -0.39 is 0 Å². The fourth-order valence-electron chi connectivity index (χ4n) is 2.56. The molecule has 3 rings (SSSR count). The molecule has 0 fully saturated rings. The quantitative estimate of drug-likeness (QED) is 0.909. The first-order chi connectivity index (χ1) is 10.3. The van der Waals surface area contributed by atoms with E-state index in [2.05, 4.69) is 58.5 Å². The van der Waals surface area contributed by atoms with Gasteiger partial charge in [0, 0.05) is 4.47 Å². The summed E-state index contributed by atoms with van der Waals surface area (Å²) < 4.78 is 12.4. The summed E-state index contributed by atoms with van der Waals surface area (Å²) in [6.07, 6.45) is 0. The van der Waals surface area contributed by atoms with Crippen LogP contribution >= 0.6 is 15.9 Å². The molecule has 1 atom stereocenters.